The third kappa shape index (κ3) is 3.48. The molecular formula is C18H12N6OS. The lowest BCUT2D eigenvalue weighted by atomic mass is 10.1. The average Bonchev–Trinajstić information content (AvgIpc) is 3.37. The standard InChI is InChI=1S/C18H12N6OS/c19-10-13-5-4-6-14(9-13)17-22-21-16(25-17)11-26-18-20-12-24(23-18)15-7-2-1-3-8-15/h1-9,12H,11H2. The van der Waals surface area contributed by atoms with Gasteiger partial charge in [-0.25, -0.2) is 9.67 Å². The van der Waals surface area contributed by atoms with E-state index in [1.807, 2.05) is 36.4 Å². The highest BCUT2D eigenvalue weighted by Gasteiger charge is 2.11. The van der Waals surface area contributed by atoms with Crippen molar-refractivity contribution in [1.82, 2.24) is 25.0 Å². The van der Waals surface area contributed by atoms with Crippen molar-refractivity contribution in [2.45, 2.75) is 10.9 Å². The van der Waals surface area contributed by atoms with E-state index >= 15 is 0 Å². The molecule has 2 aromatic heterocycles. The minimum Gasteiger partial charge on any atom is -0.420 e. The molecule has 2 aromatic carbocycles. The largest absolute Gasteiger partial charge is 0.420 e. The zero-order valence-corrected chi connectivity index (χ0v) is 14.3. The van der Waals surface area contributed by atoms with Gasteiger partial charge in [-0.3, -0.25) is 0 Å². The lowest BCUT2D eigenvalue weighted by molar-refractivity contribution is 0.528. The fourth-order valence-electron chi connectivity index (χ4n) is 2.30. The summed E-state index contributed by atoms with van der Waals surface area (Å²) in [5, 5.41) is 22.1. The molecule has 4 rings (SSSR count). The number of para-hydroxylation sites is 1. The van der Waals surface area contributed by atoms with Gasteiger partial charge in [-0.15, -0.1) is 15.3 Å². The Kier molecular flexibility index (Phi) is 4.45. The highest BCUT2D eigenvalue weighted by molar-refractivity contribution is 7.98. The molecule has 126 valence electrons. The van der Waals surface area contributed by atoms with E-state index in [0.717, 1.165) is 11.3 Å². The van der Waals surface area contributed by atoms with E-state index in [2.05, 4.69) is 26.3 Å². The topological polar surface area (TPSA) is 93.4 Å². The minimum atomic E-state index is 0.389. The molecule has 0 bridgehead atoms. The fourth-order valence-corrected chi connectivity index (χ4v) is 2.93. The molecule has 0 radical (unpaired) electrons. The molecule has 26 heavy (non-hydrogen) atoms. The zero-order valence-electron chi connectivity index (χ0n) is 13.5. The third-order valence-electron chi connectivity index (χ3n) is 3.52. The first-order valence-electron chi connectivity index (χ1n) is 7.74. The lowest BCUT2D eigenvalue weighted by Gasteiger charge is -1.97. The maximum atomic E-state index is 8.97. The number of aromatic nitrogens is 5. The Morgan fingerprint density at radius 2 is 1.96 bits per heavy atom. The van der Waals surface area contributed by atoms with Gasteiger partial charge in [-0.05, 0) is 30.3 Å². The van der Waals surface area contributed by atoms with Crippen molar-refractivity contribution >= 4 is 11.8 Å². The Bertz CT molecular complexity index is 1070. The molecule has 0 saturated carbocycles. The Labute approximate surface area is 153 Å². The van der Waals surface area contributed by atoms with Gasteiger partial charge in [0.05, 0.1) is 23.1 Å². The number of nitriles is 1. The van der Waals surface area contributed by atoms with Crippen molar-refractivity contribution in [3.05, 3.63) is 72.4 Å². The molecular weight excluding hydrogens is 348 g/mol. The molecule has 2 heterocycles. The molecule has 0 saturated heterocycles. The van der Waals surface area contributed by atoms with Crippen LogP contribution in [-0.4, -0.2) is 25.0 Å². The summed E-state index contributed by atoms with van der Waals surface area (Å²) >= 11 is 1.41. The van der Waals surface area contributed by atoms with E-state index in [-0.39, 0.29) is 0 Å². The highest BCUT2D eigenvalue weighted by Crippen LogP contribution is 2.23. The van der Waals surface area contributed by atoms with Gasteiger partial charge in [0.15, 0.2) is 0 Å². The van der Waals surface area contributed by atoms with Crippen LogP contribution in [0.25, 0.3) is 17.1 Å². The van der Waals surface area contributed by atoms with Crippen molar-refractivity contribution in [1.29, 1.82) is 5.26 Å². The quantitative estimate of drug-likeness (QED) is 0.503. The van der Waals surface area contributed by atoms with Gasteiger partial charge in [-0.2, -0.15) is 5.26 Å². The van der Waals surface area contributed by atoms with E-state index in [4.69, 9.17) is 9.68 Å². The summed E-state index contributed by atoms with van der Waals surface area (Å²) < 4.78 is 7.38. The van der Waals surface area contributed by atoms with Gasteiger partial charge in [0, 0.05) is 5.56 Å². The number of nitrogens with zero attached hydrogens (tertiary/aromatic N) is 6. The van der Waals surface area contributed by atoms with Gasteiger partial charge in [-0.1, -0.05) is 36.0 Å². The van der Waals surface area contributed by atoms with Crippen LogP contribution < -0.4 is 0 Å². The molecule has 0 spiro atoms. The van der Waals surface area contributed by atoms with Crippen LogP contribution in [0.5, 0.6) is 0 Å². The van der Waals surface area contributed by atoms with Crippen LogP contribution in [0.1, 0.15) is 11.5 Å². The summed E-state index contributed by atoms with van der Waals surface area (Å²) in [5.41, 5.74) is 2.22. The van der Waals surface area contributed by atoms with Gasteiger partial charge in [0.25, 0.3) is 0 Å². The molecule has 0 N–H and O–H groups in total. The maximum absolute atomic E-state index is 8.97. The Morgan fingerprint density at radius 1 is 1.08 bits per heavy atom. The molecule has 0 aliphatic carbocycles. The van der Waals surface area contributed by atoms with Gasteiger partial charge in [0.1, 0.15) is 6.33 Å². The summed E-state index contributed by atoms with van der Waals surface area (Å²) in [6.45, 7) is 0. The predicted molar refractivity (Wildman–Crippen MR) is 95.4 cm³/mol. The summed E-state index contributed by atoms with van der Waals surface area (Å²) in [7, 11) is 0. The number of rotatable bonds is 5. The summed E-state index contributed by atoms with van der Waals surface area (Å²) in [6, 6.07) is 18.9. The van der Waals surface area contributed by atoms with Crippen molar-refractivity contribution in [2.75, 3.05) is 0 Å². The average molecular weight is 360 g/mol. The second-order valence-electron chi connectivity index (χ2n) is 5.29. The maximum Gasteiger partial charge on any atom is 0.247 e. The van der Waals surface area contributed by atoms with Crippen LogP contribution >= 0.6 is 11.8 Å². The second kappa shape index (κ2) is 7.21. The summed E-state index contributed by atoms with van der Waals surface area (Å²) in [4.78, 5) is 4.28. The first-order chi connectivity index (χ1) is 12.8. The first-order valence-corrected chi connectivity index (χ1v) is 8.73. The van der Waals surface area contributed by atoms with Gasteiger partial charge in [0.2, 0.25) is 16.9 Å². The van der Waals surface area contributed by atoms with Gasteiger partial charge < -0.3 is 4.42 Å². The third-order valence-corrected chi connectivity index (χ3v) is 4.36. The molecule has 8 heteroatoms. The van der Waals surface area contributed by atoms with Crippen molar-refractivity contribution in [2.24, 2.45) is 0 Å². The second-order valence-corrected chi connectivity index (χ2v) is 6.23. The summed E-state index contributed by atoms with van der Waals surface area (Å²) in [5.74, 6) is 1.33. The zero-order chi connectivity index (χ0) is 17.8. The van der Waals surface area contributed by atoms with Crippen molar-refractivity contribution < 1.29 is 4.42 Å². The molecule has 0 aliphatic rings. The van der Waals surface area contributed by atoms with Crippen molar-refractivity contribution in [3.63, 3.8) is 0 Å². The van der Waals surface area contributed by atoms with Crippen LogP contribution in [0.2, 0.25) is 0 Å². The molecule has 0 atom stereocenters. The van der Waals surface area contributed by atoms with Crippen LogP contribution in [-0.2, 0) is 5.75 Å². The van der Waals surface area contributed by atoms with Crippen LogP contribution in [0.15, 0.2) is 70.5 Å². The van der Waals surface area contributed by atoms with E-state index in [1.54, 1.807) is 29.2 Å². The minimum absolute atomic E-state index is 0.389. The molecule has 7 nitrogen and oxygen atoms in total. The Balaban J connectivity index is 1.44. The van der Waals surface area contributed by atoms with Crippen LogP contribution in [0.3, 0.4) is 0 Å². The van der Waals surface area contributed by atoms with E-state index < -0.39 is 0 Å². The highest BCUT2D eigenvalue weighted by atomic mass is 32.2. The Hall–Kier alpha value is -3.44. The SMILES string of the molecule is N#Cc1cccc(-c2nnc(CSc3ncn(-c4ccccc4)n3)o2)c1. The molecule has 0 fully saturated rings. The number of thioether (sulfide) groups is 1. The van der Waals surface area contributed by atoms with E-state index in [0.29, 0.717) is 28.3 Å². The van der Waals surface area contributed by atoms with Gasteiger partial charge >= 0.3 is 0 Å². The number of benzene rings is 2. The smallest absolute Gasteiger partial charge is 0.247 e. The number of hydrogen-bond acceptors (Lipinski definition) is 7. The molecule has 0 amide bonds. The predicted octanol–water partition coefficient (Wildman–Crippen LogP) is 3.48. The summed E-state index contributed by atoms with van der Waals surface area (Å²) in [6.07, 6.45) is 1.67. The fraction of sp³-hybridized carbons (Fsp3) is 0.0556. The normalized spacial score (nSPS) is 10.6. The first kappa shape index (κ1) is 16.1. The lowest BCUT2D eigenvalue weighted by Crippen LogP contribution is -1.93. The van der Waals surface area contributed by atoms with E-state index in [1.165, 1.54) is 11.8 Å². The molecule has 4 aromatic rings. The Morgan fingerprint density at radius 3 is 2.81 bits per heavy atom. The molecule has 0 aliphatic heterocycles. The van der Waals surface area contributed by atoms with E-state index in [9.17, 15) is 0 Å². The van der Waals surface area contributed by atoms with Crippen molar-refractivity contribution in [3.8, 4) is 23.2 Å². The van der Waals surface area contributed by atoms with Crippen LogP contribution in [0, 0.1) is 11.3 Å². The monoisotopic (exact) mass is 360 g/mol. The van der Waals surface area contributed by atoms with Crippen LogP contribution in [0.4, 0.5) is 0 Å². The molecule has 0 unspecified atom stereocenters. The number of hydrogen-bond donors (Lipinski definition) is 0.